The van der Waals surface area contributed by atoms with Crippen LogP contribution in [0.2, 0.25) is 0 Å². The van der Waals surface area contributed by atoms with Gasteiger partial charge in [0.15, 0.2) is 5.78 Å². The highest BCUT2D eigenvalue weighted by Gasteiger charge is 2.20. The maximum absolute atomic E-state index is 11.3. The lowest BCUT2D eigenvalue weighted by Crippen LogP contribution is -2.09. The van der Waals surface area contributed by atoms with Gasteiger partial charge in [0.25, 0.3) is 0 Å². The van der Waals surface area contributed by atoms with Crippen molar-refractivity contribution in [1.82, 2.24) is 0 Å². The van der Waals surface area contributed by atoms with Crippen molar-refractivity contribution >= 4 is 29.2 Å². The number of thiophene rings is 1. The number of ketones is 1. The van der Waals surface area contributed by atoms with Crippen LogP contribution in [0.5, 0.6) is 0 Å². The van der Waals surface area contributed by atoms with Crippen molar-refractivity contribution in [3.05, 3.63) is 27.5 Å². The summed E-state index contributed by atoms with van der Waals surface area (Å²) in [5.41, 5.74) is 1.32. The summed E-state index contributed by atoms with van der Waals surface area (Å²) in [6.07, 6.45) is 3.60. The van der Waals surface area contributed by atoms with Crippen molar-refractivity contribution in [3.63, 3.8) is 0 Å². The summed E-state index contributed by atoms with van der Waals surface area (Å²) in [6.45, 7) is 0. The quantitative estimate of drug-likeness (QED) is 0.659. The molecule has 0 radical (unpaired) electrons. The van der Waals surface area contributed by atoms with Crippen LogP contribution in [0.4, 0.5) is 0 Å². The molecule has 4 heteroatoms. The number of allylic oxidation sites excluding steroid dienone is 1. The van der Waals surface area contributed by atoms with E-state index in [0.717, 1.165) is 10.4 Å². The Kier molecular flexibility index (Phi) is 2.21. The van der Waals surface area contributed by atoms with Gasteiger partial charge in [-0.2, -0.15) is 0 Å². The summed E-state index contributed by atoms with van der Waals surface area (Å²) < 4.78 is 4.63. The van der Waals surface area contributed by atoms with Crippen molar-refractivity contribution in [2.24, 2.45) is 0 Å². The molecular weight excluding hydrogens is 200 g/mol. The van der Waals surface area contributed by atoms with Gasteiger partial charge in [0.1, 0.15) is 0 Å². The van der Waals surface area contributed by atoms with Gasteiger partial charge in [-0.1, -0.05) is 0 Å². The highest BCUT2D eigenvalue weighted by Crippen LogP contribution is 2.28. The third-order valence-corrected chi connectivity index (χ3v) is 3.09. The second kappa shape index (κ2) is 3.38. The van der Waals surface area contributed by atoms with Crippen LogP contribution in [0.15, 0.2) is 11.5 Å². The van der Waals surface area contributed by atoms with E-state index in [-0.39, 0.29) is 11.8 Å². The Balaban J connectivity index is 2.47. The van der Waals surface area contributed by atoms with E-state index in [0.29, 0.717) is 12.0 Å². The Bertz CT molecular complexity index is 429. The first-order valence-electron chi connectivity index (χ1n) is 4.12. The van der Waals surface area contributed by atoms with Gasteiger partial charge in [-0.25, -0.2) is 4.79 Å². The first-order valence-corrected chi connectivity index (χ1v) is 5.00. The number of fused-ring (bicyclic) bond motifs is 1. The van der Waals surface area contributed by atoms with E-state index >= 15 is 0 Å². The van der Waals surface area contributed by atoms with E-state index in [2.05, 4.69) is 4.74 Å². The van der Waals surface area contributed by atoms with Gasteiger partial charge >= 0.3 is 5.97 Å². The number of esters is 1. The number of rotatable bonds is 1. The highest BCUT2D eigenvalue weighted by atomic mass is 32.1. The second-order valence-corrected chi connectivity index (χ2v) is 3.87. The van der Waals surface area contributed by atoms with Crippen molar-refractivity contribution in [3.8, 4) is 0 Å². The summed E-state index contributed by atoms with van der Waals surface area (Å²) in [5, 5.41) is 1.74. The number of carbonyl (C=O) groups excluding carboxylic acids is 2. The van der Waals surface area contributed by atoms with Gasteiger partial charge in [0.2, 0.25) is 0 Å². The monoisotopic (exact) mass is 208 g/mol. The molecule has 0 bridgehead atoms. The van der Waals surface area contributed by atoms with Gasteiger partial charge in [-0.05, 0) is 17.7 Å². The lowest BCUT2D eigenvalue weighted by atomic mass is 10.0. The van der Waals surface area contributed by atoms with Crippen molar-refractivity contribution in [1.29, 1.82) is 0 Å². The summed E-state index contributed by atoms with van der Waals surface area (Å²) in [5.74, 6) is -0.341. The second-order valence-electron chi connectivity index (χ2n) is 2.96. The van der Waals surface area contributed by atoms with Crippen LogP contribution in [0.1, 0.15) is 20.8 Å². The van der Waals surface area contributed by atoms with E-state index in [1.165, 1.54) is 18.4 Å². The van der Waals surface area contributed by atoms with Gasteiger partial charge < -0.3 is 4.74 Å². The predicted octanol–water partition coefficient (Wildman–Crippen LogP) is 1.67. The molecule has 3 nitrogen and oxygen atoms in total. The number of ether oxygens (including phenoxy) is 1. The molecule has 0 saturated carbocycles. The maximum Gasteiger partial charge on any atom is 0.339 e. The third-order valence-electron chi connectivity index (χ3n) is 2.10. The Morgan fingerprint density at radius 1 is 1.50 bits per heavy atom. The normalized spacial score (nSPS) is 13.9. The molecule has 1 aromatic heterocycles. The zero-order chi connectivity index (χ0) is 10.1. The average molecular weight is 208 g/mol. The van der Waals surface area contributed by atoms with E-state index in [4.69, 9.17) is 0 Å². The standard InChI is InChI=1S/C10H8O3S/c1-13-10(12)8-5-14-9-3-2-6(11)4-7(8)9/h2-3,5H,4H2,1H3. The van der Waals surface area contributed by atoms with E-state index in [9.17, 15) is 9.59 Å². The molecule has 0 unspecified atom stereocenters. The first kappa shape index (κ1) is 9.15. The minimum atomic E-state index is -0.370. The molecule has 1 aromatic rings. The number of hydrogen-bond acceptors (Lipinski definition) is 4. The maximum atomic E-state index is 11.3. The molecular formula is C10H8O3S. The van der Waals surface area contributed by atoms with Crippen LogP contribution in [0.3, 0.4) is 0 Å². The molecule has 0 aromatic carbocycles. The molecule has 0 atom stereocenters. The van der Waals surface area contributed by atoms with Crippen LogP contribution >= 0.6 is 11.3 Å². The minimum Gasteiger partial charge on any atom is -0.465 e. The predicted molar refractivity (Wildman–Crippen MR) is 53.4 cm³/mol. The van der Waals surface area contributed by atoms with E-state index < -0.39 is 0 Å². The zero-order valence-corrected chi connectivity index (χ0v) is 8.39. The highest BCUT2D eigenvalue weighted by molar-refractivity contribution is 7.11. The Morgan fingerprint density at radius 2 is 2.29 bits per heavy atom. The van der Waals surface area contributed by atoms with Crippen LogP contribution in [-0.2, 0) is 16.0 Å². The molecule has 0 amide bonds. The largest absolute Gasteiger partial charge is 0.465 e. The van der Waals surface area contributed by atoms with Crippen LogP contribution in [0, 0.1) is 0 Å². The van der Waals surface area contributed by atoms with E-state index in [1.54, 1.807) is 17.5 Å². The molecule has 1 heterocycles. The van der Waals surface area contributed by atoms with Gasteiger partial charge in [0, 0.05) is 16.7 Å². The summed E-state index contributed by atoms with van der Waals surface area (Å²) in [7, 11) is 1.34. The first-order chi connectivity index (χ1) is 6.72. The third kappa shape index (κ3) is 1.37. The van der Waals surface area contributed by atoms with Crippen LogP contribution in [-0.4, -0.2) is 18.9 Å². The van der Waals surface area contributed by atoms with Gasteiger partial charge in [0.05, 0.1) is 12.7 Å². The molecule has 1 aliphatic carbocycles. The minimum absolute atomic E-state index is 0.0288. The average Bonchev–Trinajstić information content (AvgIpc) is 2.59. The van der Waals surface area contributed by atoms with Gasteiger partial charge in [-0.3, -0.25) is 4.79 Å². The molecule has 1 aliphatic rings. The molecule has 0 N–H and O–H groups in total. The molecule has 0 spiro atoms. The lowest BCUT2D eigenvalue weighted by molar-refractivity contribution is -0.114. The van der Waals surface area contributed by atoms with Crippen LogP contribution in [0.25, 0.3) is 6.08 Å². The van der Waals surface area contributed by atoms with Crippen molar-refractivity contribution in [2.75, 3.05) is 7.11 Å². The smallest absolute Gasteiger partial charge is 0.339 e. The summed E-state index contributed by atoms with van der Waals surface area (Å²) in [6, 6.07) is 0. The van der Waals surface area contributed by atoms with Gasteiger partial charge in [-0.15, -0.1) is 11.3 Å². The summed E-state index contributed by atoms with van der Waals surface area (Å²) >= 11 is 1.46. The van der Waals surface area contributed by atoms with Crippen LogP contribution < -0.4 is 0 Å². The Hall–Kier alpha value is -1.42. The fraction of sp³-hybridized carbons (Fsp3) is 0.200. The molecule has 2 rings (SSSR count). The molecule has 0 aliphatic heterocycles. The zero-order valence-electron chi connectivity index (χ0n) is 7.57. The number of methoxy groups -OCH3 is 1. The van der Waals surface area contributed by atoms with E-state index in [1.807, 2.05) is 0 Å². The molecule has 0 fully saturated rings. The molecule has 0 saturated heterocycles. The molecule has 72 valence electrons. The fourth-order valence-electron chi connectivity index (χ4n) is 1.40. The fourth-order valence-corrected chi connectivity index (χ4v) is 2.36. The van der Waals surface area contributed by atoms with Crippen molar-refractivity contribution < 1.29 is 14.3 Å². The number of hydrogen-bond donors (Lipinski definition) is 0. The summed E-state index contributed by atoms with van der Waals surface area (Å²) in [4.78, 5) is 23.4. The Morgan fingerprint density at radius 3 is 3.00 bits per heavy atom. The number of carbonyl (C=O) groups is 2. The Labute approximate surface area is 85.0 Å². The SMILES string of the molecule is COC(=O)c1csc2c1CC(=O)C=C2. The lowest BCUT2D eigenvalue weighted by Gasteiger charge is -2.05. The van der Waals surface area contributed by atoms with Crippen molar-refractivity contribution in [2.45, 2.75) is 6.42 Å². The topological polar surface area (TPSA) is 43.4 Å². The molecule has 14 heavy (non-hydrogen) atoms.